The lowest BCUT2D eigenvalue weighted by molar-refractivity contribution is 0.100. The van der Waals surface area contributed by atoms with Crippen LogP contribution in [0.5, 0.6) is 11.5 Å². The molecule has 0 bridgehead atoms. The van der Waals surface area contributed by atoms with Gasteiger partial charge in [-0.15, -0.1) is 0 Å². The molecule has 0 fully saturated rings. The fourth-order valence-electron chi connectivity index (χ4n) is 2.95. The summed E-state index contributed by atoms with van der Waals surface area (Å²) in [6, 6.07) is 14.9. The van der Waals surface area contributed by atoms with E-state index in [1.807, 2.05) is 0 Å². The van der Waals surface area contributed by atoms with Crippen molar-refractivity contribution in [2.45, 2.75) is 11.5 Å². The summed E-state index contributed by atoms with van der Waals surface area (Å²) >= 11 is 0. The van der Waals surface area contributed by atoms with Gasteiger partial charge in [-0.1, -0.05) is 18.2 Å². The van der Waals surface area contributed by atoms with Crippen molar-refractivity contribution in [3.8, 4) is 11.5 Å². The molecule has 1 amide bonds. The highest BCUT2D eigenvalue weighted by atomic mass is 32.2. The molecule has 0 aliphatic rings. The second-order valence-corrected chi connectivity index (χ2v) is 8.15. The van der Waals surface area contributed by atoms with E-state index in [2.05, 4.69) is 0 Å². The predicted molar refractivity (Wildman–Crippen MR) is 112 cm³/mol. The fourth-order valence-corrected chi connectivity index (χ4v) is 4.56. The van der Waals surface area contributed by atoms with Crippen molar-refractivity contribution >= 4 is 21.6 Å². The number of hydrogen-bond acceptors (Lipinski definition) is 6. The van der Waals surface area contributed by atoms with E-state index in [0.717, 1.165) is 6.07 Å². The minimum atomic E-state index is -4.57. The first-order valence-electron chi connectivity index (χ1n) is 9.09. The molecule has 3 aromatic carbocycles. The lowest BCUT2D eigenvalue weighted by atomic mass is 10.2. The third-order valence-corrected chi connectivity index (χ3v) is 6.26. The summed E-state index contributed by atoms with van der Waals surface area (Å²) in [5, 5.41) is 9.45. The van der Waals surface area contributed by atoms with Crippen LogP contribution in [0.3, 0.4) is 0 Å². The number of amides is 1. The number of anilines is 1. The quantitative estimate of drug-likeness (QED) is 0.599. The number of hydrogen-bond donors (Lipinski definition) is 1. The molecule has 0 radical (unpaired) electrons. The van der Waals surface area contributed by atoms with Crippen molar-refractivity contribution in [3.63, 3.8) is 0 Å². The van der Waals surface area contributed by atoms with Gasteiger partial charge < -0.3 is 14.6 Å². The fraction of sp³-hybridized carbons (Fsp3) is 0.136. The van der Waals surface area contributed by atoms with Gasteiger partial charge in [-0.2, -0.15) is 4.31 Å². The van der Waals surface area contributed by atoms with E-state index in [0.29, 0.717) is 15.6 Å². The highest BCUT2D eigenvalue weighted by molar-refractivity contribution is 7.93. The molecule has 0 saturated heterocycles. The van der Waals surface area contributed by atoms with Gasteiger partial charge in [0.15, 0.2) is 0 Å². The Morgan fingerprint density at radius 1 is 1.00 bits per heavy atom. The summed E-state index contributed by atoms with van der Waals surface area (Å²) in [6.45, 7) is -0.420. The summed E-state index contributed by atoms with van der Waals surface area (Å²) in [5.74, 6) is -1.53. The number of carbonyl (C=O) groups excluding carboxylic acids is 1. The molecule has 162 valence electrons. The third-order valence-electron chi connectivity index (χ3n) is 4.52. The number of carbonyl (C=O) groups is 1. The van der Waals surface area contributed by atoms with Crippen LogP contribution in [-0.4, -0.2) is 33.7 Å². The molecule has 31 heavy (non-hydrogen) atoms. The third kappa shape index (κ3) is 4.37. The van der Waals surface area contributed by atoms with Crippen LogP contribution < -0.4 is 13.8 Å². The van der Waals surface area contributed by atoms with Crippen LogP contribution in [-0.2, 0) is 16.6 Å². The molecule has 0 saturated carbocycles. The Bertz CT molecular complexity index is 1190. The van der Waals surface area contributed by atoms with E-state index in [9.17, 15) is 22.7 Å². The van der Waals surface area contributed by atoms with Crippen molar-refractivity contribution in [2.24, 2.45) is 0 Å². The second kappa shape index (κ2) is 9.15. The Morgan fingerprint density at radius 2 is 1.68 bits per heavy atom. The van der Waals surface area contributed by atoms with Crippen LogP contribution in [0.4, 0.5) is 10.1 Å². The number of methoxy groups -OCH3 is 2. The minimum absolute atomic E-state index is 0.0227. The Kier molecular flexibility index (Phi) is 6.57. The predicted octanol–water partition coefficient (Wildman–Crippen LogP) is 3.37. The molecular weight excluding hydrogens is 425 g/mol. The van der Waals surface area contributed by atoms with Gasteiger partial charge in [0.1, 0.15) is 22.2 Å². The maximum absolute atomic E-state index is 14.4. The zero-order chi connectivity index (χ0) is 22.6. The zero-order valence-corrected chi connectivity index (χ0v) is 17.6. The van der Waals surface area contributed by atoms with E-state index < -0.39 is 33.9 Å². The van der Waals surface area contributed by atoms with Gasteiger partial charge >= 0.3 is 0 Å². The molecular formula is C22H20FNO6S. The summed E-state index contributed by atoms with van der Waals surface area (Å²) in [4.78, 5) is 12.9. The van der Waals surface area contributed by atoms with Gasteiger partial charge in [0.05, 0.1) is 32.1 Å². The first-order chi connectivity index (χ1) is 14.8. The monoisotopic (exact) mass is 445 g/mol. The number of halogens is 1. The van der Waals surface area contributed by atoms with Crippen molar-refractivity contribution in [1.82, 2.24) is 0 Å². The van der Waals surface area contributed by atoms with Gasteiger partial charge in [-0.3, -0.25) is 4.79 Å². The molecule has 7 nitrogen and oxygen atoms in total. The van der Waals surface area contributed by atoms with Crippen LogP contribution in [0.15, 0.2) is 71.6 Å². The van der Waals surface area contributed by atoms with Crippen molar-refractivity contribution in [2.75, 3.05) is 18.5 Å². The highest BCUT2D eigenvalue weighted by Gasteiger charge is 2.35. The molecule has 1 N–H and O–H groups in total. The Balaban J connectivity index is 2.25. The van der Waals surface area contributed by atoms with Crippen molar-refractivity contribution < 1.29 is 32.2 Å². The number of sulfonamides is 1. The minimum Gasteiger partial charge on any atom is -0.497 e. The van der Waals surface area contributed by atoms with Crippen LogP contribution in [0, 0.1) is 5.82 Å². The van der Waals surface area contributed by atoms with E-state index in [1.54, 1.807) is 0 Å². The van der Waals surface area contributed by atoms with Gasteiger partial charge in [-0.25, -0.2) is 12.8 Å². The molecule has 9 heteroatoms. The van der Waals surface area contributed by atoms with E-state index in [-0.39, 0.29) is 16.3 Å². The maximum Gasteiger partial charge on any atom is 0.275 e. The maximum atomic E-state index is 14.4. The van der Waals surface area contributed by atoms with Crippen LogP contribution in [0.25, 0.3) is 0 Å². The van der Waals surface area contributed by atoms with Crippen molar-refractivity contribution in [1.29, 1.82) is 0 Å². The van der Waals surface area contributed by atoms with Crippen LogP contribution in [0.2, 0.25) is 0 Å². The molecule has 3 aromatic rings. The topological polar surface area (TPSA) is 93.1 Å². The average molecular weight is 445 g/mol. The number of ether oxygens (including phenoxy) is 2. The lowest BCUT2D eigenvalue weighted by Gasteiger charge is -2.24. The number of benzene rings is 3. The molecule has 3 rings (SSSR count). The Labute approximate surface area is 179 Å². The van der Waals surface area contributed by atoms with Gasteiger partial charge in [0, 0.05) is 0 Å². The number of nitrogens with zero attached hydrogens (tertiary/aromatic N) is 1. The van der Waals surface area contributed by atoms with E-state index in [4.69, 9.17) is 9.47 Å². The van der Waals surface area contributed by atoms with Crippen LogP contribution in [0.1, 0.15) is 15.9 Å². The number of aliphatic hydroxyl groups excluding tert-OH is 1. The number of rotatable bonds is 7. The summed E-state index contributed by atoms with van der Waals surface area (Å²) in [6.07, 6.45) is 0. The van der Waals surface area contributed by atoms with Gasteiger partial charge in [0.2, 0.25) is 0 Å². The highest BCUT2D eigenvalue weighted by Crippen LogP contribution is 2.33. The van der Waals surface area contributed by atoms with Crippen molar-refractivity contribution in [3.05, 3.63) is 83.7 Å². The largest absolute Gasteiger partial charge is 0.497 e. The Morgan fingerprint density at radius 3 is 2.26 bits per heavy atom. The smallest absolute Gasteiger partial charge is 0.275 e. The Hall–Kier alpha value is -3.43. The average Bonchev–Trinajstić information content (AvgIpc) is 2.79. The molecule has 0 heterocycles. The van der Waals surface area contributed by atoms with E-state index >= 15 is 0 Å². The lowest BCUT2D eigenvalue weighted by Crippen LogP contribution is -2.37. The standard InChI is InChI=1S/C22H20FNO6S/c1-29-17-10-8-16(9-11-17)24(22(26)18-5-3-4-6-19(18)23)31(27,28)21-13-15(14-25)7-12-20(21)30-2/h3-13,25H,14H2,1-2H3. The SMILES string of the molecule is COc1ccc(N(C(=O)c2ccccc2F)S(=O)(=O)c2cc(CO)ccc2OC)cc1. The first kappa shape index (κ1) is 22.3. The molecule has 0 aliphatic heterocycles. The van der Waals surface area contributed by atoms with E-state index in [1.165, 1.54) is 74.9 Å². The second-order valence-electron chi connectivity index (χ2n) is 6.40. The molecule has 0 unspecified atom stereocenters. The van der Waals surface area contributed by atoms with Crippen LogP contribution >= 0.6 is 0 Å². The number of aliphatic hydroxyl groups is 1. The first-order valence-corrected chi connectivity index (χ1v) is 10.5. The molecule has 0 aliphatic carbocycles. The van der Waals surface area contributed by atoms with Gasteiger partial charge in [-0.05, 0) is 54.1 Å². The molecule has 0 aromatic heterocycles. The summed E-state index contributed by atoms with van der Waals surface area (Å²) < 4.78 is 52.4. The molecule has 0 spiro atoms. The molecule has 0 atom stereocenters. The zero-order valence-electron chi connectivity index (χ0n) is 16.8. The normalized spacial score (nSPS) is 11.1. The summed E-state index contributed by atoms with van der Waals surface area (Å²) in [5.41, 5.74) is -0.142. The van der Waals surface area contributed by atoms with Gasteiger partial charge in [0.25, 0.3) is 15.9 Å². The summed E-state index contributed by atoms with van der Waals surface area (Å²) in [7, 11) is -1.85.